The van der Waals surface area contributed by atoms with Gasteiger partial charge in [-0.25, -0.2) is 0 Å². The molecule has 1 atom stereocenters. The first-order valence-electron chi connectivity index (χ1n) is 6.66. The Balaban J connectivity index is 1.93. The average Bonchev–Trinajstić information content (AvgIpc) is 2.40. The van der Waals surface area contributed by atoms with E-state index in [1.54, 1.807) is 7.11 Å². The van der Waals surface area contributed by atoms with Crippen molar-refractivity contribution in [1.82, 2.24) is 4.98 Å². The number of nitrogens with two attached hydrogens (primary N) is 1. The summed E-state index contributed by atoms with van der Waals surface area (Å²) in [6.07, 6.45) is 4.33. The zero-order valence-corrected chi connectivity index (χ0v) is 11.3. The van der Waals surface area contributed by atoms with Crippen LogP contribution in [0.25, 0.3) is 0 Å². The van der Waals surface area contributed by atoms with Crippen molar-refractivity contribution >= 4 is 5.69 Å². The van der Waals surface area contributed by atoms with Gasteiger partial charge in [-0.3, -0.25) is 4.98 Å². The molecule has 2 rings (SSSR count). The van der Waals surface area contributed by atoms with Gasteiger partial charge in [-0.15, -0.1) is 0 Å². The smallest absolute Gasteiger partial charge is 0.0569 e. The first kappa shape index (κ1) is 13.3. The number of anilines is 1. The number of ether oxygens (including phenoxy) is 1. The second-order valence-electron chi connectivity index (χ2n) is 5.12. The number of nitrogens with zero attached hydrogens (tertiary/aromatic N) is 2. The molecule has 0 saturated carbocycles. The van der Waals surface area contributed by atoms with Crippen LogP contribution in [-0.2, 0) is 4.74 Å². The average molecular weight is 249 g/mol. The number of rotatable bonds is 4. The Morgan fingerprint density at radius 1 is 1.44 bits per heavy atom. The molecule has 100 valence electrons. The molecule has 4 heteroatoms. The molecule has 0 aromatic carbocycles. The van der Waals surface area contributed by atoms with Gasteiger partial charge >= 0.3 is 0 Å². The van der Waals surface area contributed by atoms with E-state index < -0.39 is 0 Å². The molecule has 18 heavy (non-hydrogen) atoms. The van der Waals surface area contributed by atoms with E-state index in [0.29, 0.717) is 5.92 Å². The van der Waals surface area contributed by atoms with Gasteiger partial charge in [-0.05, 0) is 37.8 Å². The van der Waals surface area contributed by atoms with E-state index in [1.165, 1.54) is 18.5 Å². The van der Waals surface area contributed by atoms with Crippen molar-refractivity contribution in [2.24, 2.45) is 11.7 Å². The van der Waals surface area contributed by atoms with Gasteiger partial charge in [0.2, 0.25) is 0 Å². The van der Waals surface area contributed by atoms with Crippen LogP contribution in [0, 0.1) is 5.92 Å². The number of hydrogen-bond donors (Lipinski definition) is 1. The Bertz CT molecular complexity index is 356. The fourth-order valence-corrected chi connectivity index (χ4v) is 2.45. The maximum Gasteiger partial charge on any atom is 0.0569 e. The number of aromatic nitrogens is 1. The van der Waals surface area contributed by atoms with E-state index in [2.05, 4.69) is 16.0 Å². The Morgan fingerprint density at radius 3 is 2.67 bits per heavy atom. The van der Waals surface area contributed by atoms with Crippen molar-refractivity contribution in [2.45, 2.75) is 25.8 Å². The molecule has 0 bridgehead atoms. The molecule has 4 nitrogen and oxygen atoms in total. The summed E-state index contributed by atoms with van der Waals surface area (Å²) in [4.78, 5) is 6.81. The lowest BCUT2D eigenvalue weighted by Crippen LogP contribution is -2.35. The zero-order valence-electron chi connectivity index (χ0n) is 11.3. The molecule has 2 heterocycles. The standard InChI is InChI=1S/C14H23N3O/c1-11(15)14-4-3-13(9-16-14)17-7-5-12(6-8-17)10-18-2/h3-4,9,11-12H,5-8,10,15H2,1-2H3/t11-/m1/s1. The largest absolute Gasteiger partial charge is 0.384 e. The molecular weight excluding hydrogens is 226 g/mol. The van der Waals surface area contributed by atoms with Crippen molar-refractivity contribution in [2.75, 3.05) is 31.7 Å². The topological polar surface area (TPSA) is 51.4 Å². The normalized spacial score (nSPS) is 18.9. The molecule has 0 spiro atoms. The molecule has 0 aliphatic carbocycles. The van der Waals surface area contributed by atoms with Crippen LogP contribution in [0.2, 0.25) is 0 Å². The molecule has 1 saturated heterocycles. The van der Waals surface area contributed by atoms with Gasteiger partial charge in [0.15, 0.2) is 0 Å². The zero-order chi connectivity index (χ0) is 13.0. The Hall–Kier alpha value is -1.13. The van der Waals surface area contributed by atoms with E-state index >= 15 is 0 Å². The summed E-state index contributed by atoms with van der Waals surface area (Å²) in [6.45, 7) is 5.02. The predicted octanol–water partition coefficient (Wildman–Crippen LogP) is 1.96. The summed E-state index contributed by atoms with van der Waals surface area (Å²) in [7, 11) is 1.78. The van der Waals surface area contributed by atoms with E-state index in [0.717, 1.165) is 25.4 Å². The maximum absolute atomic E-state index is 5.80. The first-order valence-corrected chi connectivity index (χ1v) is 6.66. The van der Waals surface area contributed by atoms with Gasteiger partial charge in [0.25, 0.3) is 0 Å². The molecule has 0 radical (unpaired) electrons. The quantitative estimate of drug-likeness (QED) is 0.886. The molecule has 1 fully saturated rings. The lowest BCUT2D eigenvalue weighted by atomic mass is 9.97. The SMILES string of the molecule is COCC1CCN(c2ccc([C@@H](C)N)nc2)CC1. The molecular formula is C14H23N3O. The van der Waals surface area contributed by atoms with E-state index in [4.69, 9.17) is 10.5 Å². The minimum absolute atomic E-state index is 0.00601. The van der Waals surface area contributed by atoms with Crippen molar-refractivity contribution in [3.05, 3.63) is 24.0 Å². The summed E-state index contributed by atoms with van der Waals surface area (Å²) in [5.74, 6) is 0.711. The maximum atomic E-state index is 5.80. The highest BCUT2D eigenvalue weighted by Crippen LogP contribution is 2.23. The third-order valence-corrected chi connectivity index (χ3v) is 3.62. The van der Waals surface area contributed by atoms with E-state index in [-0.39, 0.29) is 6.04 Å². The highest BCUT2D eigenvalue weighted by atomic mass is 16.5. The Kier molecular flexibility index (Phi) is 4.55. The lowest BCUT2D eigenvalue weighted by molar-refractivity contribution is 0.139. The highest BCUT2D eigenvalue weighted by Gasteiger charge is 2.19. The van der Waals surface area contributed by atoms with E-state index in [1.807, 2.05) is 19.2 Å². The summed E-state index contributed by atoms with van der Waals surface area (Å²) in [6, 6.07) is 4.16. The number of hydrogen-bond acceptors (Lipinski definition) is 4. The van der Waals surface area contributed by atoms with Crippen molar-refractivity contribution in [3.63, 3.8) is 0 Å². The Labute approximate surface area is 109 Å². The number of methoxy groups -OCH3 is 1. The third-order valence-electron chi connectivity index (χ3n) is 3.62. The van der Waals surface area contributed by atoms with Crippen molar-refractivity contribution in [1.29, 1.82) is 0 Å². The minimum atomic E-state index is 0.00601. The fourth-order valence-electron chi connectivity index (χ4n) is 2.45. The van der Waals surface area contributed by atoms with Crippen LogP contribution in [0.5, 0.6) is 0 Å². The monoisotopic (exact) mass is 249 g/mol. The summed E-state index contributed by atoms with van der Waals surface area (Å²) in [5.41, 5.74) is 7.96. The van der Waals surface area contributed by atoms with Gasteiger partial charge in [-0.2, -0.15) is 0 Å². The number of piperidine rings is 1. The summed E-state index contributed by atoms with van der Waals surface area (Å²) >= 11 is 0. The van der Waals surface area contributed by atoms with Crippen LogP contribution in [0.4, 0.5) is 5.69 Å². The van der Waals surface area contributed by atoms with Crippen molar-refractivity contribution < 1.29 is 4.74 Å². The van der Waals surface area contributed by atoms with Crippen molar-refractivity contribution in [3.8, 4) is 0 Å². The number of pyridine rings is 1. The minimum Gasteiger partial charge on any atom is -0.384 e. The van der Waals surface area contributed by atoms with Gasteiger partial charge in [0.05, 0.1) is 17.6 Å². The van der Waals surface area contributed by atoms with Gasteiger partial charge < -0.3 is 15.4 Å². The molecule has 1 aliphatic heterocycles. The molecule has 1 aromatic heterocycles. The van der Waals surface area contributed by atoms with Gasteiger partial charge in [0.1, 0.15) is 0 Å². The fraction of sp³-hybridized carbons (Fsp3) is 0.643. The van der Waals surface area contributed by atoms with Crippen LogP contribution in [0.1, 0.15) is 31.5 Å². The van der Waals surface area contributed by atoms with Crippen LogP contribution in [0.15, 0.2) is 18.3 Å². The molecule has 1 aliphatic rings. The van der Waals surface area contributed by atoms with Crippen LogP contribution < -0.4 is 10.6 Å². The molecule has 0 unspecified atom stereocenters. The second kappa shape index (κ2) is 6.16. The van der Waals surface area contributed by atoms with Gasteiger partial charge in [-0.1, -0.05) is 0 Å². The van der Waals surface area contributed by atoms with Crippen LogP contribution >= 0.6 is 0 Å². The summed E-state index contributed by atoms with van der Waals surface area (Å²) < 4.78 is 5.22. The lowest BCUT2D eigenvalue weighted by Gasteiger charge is -2.33. The third kappa shape index (κ3) is 3.21. The van der Waals surface area contributed by atoms with Crippen LogP contribution in [0.3, 0.4) is 0 Å². The second-order valence-corrected chi connectivity index (χ2v) is 5.12. The first-order chi connectivity index (χ1) is 8.70. The highest BCUT2D eigenvalue weighted by molar-refractivity contribution is 5.45. The predicted molar refractivity (Wildman–Crippen MR) is 73.7 cm³/mol. The van der Waals surface area contributed by atoms with Gasteiger partial charge in [0, 0.05) is 32.8 Å². The van der Waals surface area contributed by atoms with E-state index in [9.17, 15) is 0 Å². The Morgan fingerprint density at radius 2 is 2.17 bits per heavy atom. The molecule has 1 aromatic rings. The molecule has 2 N–H and O–H groups in total. The molecule has 0 amide bonds. The van der Waals surface area contributed by atoms with Crippen LogP contribution in [-0.4, -0.2) is 31.8 Å². The summed E-state index contributed by atoms with van der Waals surface area (Å²) in [5, 5.41) is 0.